The Kier molecular flexibility index (Phi) is 6.20. The smallest absolute Gasteiger partial charge is 0.246 e. The Bertz CT molecular complexity index is 838. The molecule has 2 aromatic carbocycles. The number of carbonyl (C=O) groups is 1. The van der Waals surface area contributed by atoms with Crippen molar-refractivity contribution in [2.45, 2.75) is 32.2 Å². The van der Waals surface area contributed by atoms with Crippen molar-refractivity contribution in [3.05, 3.63) is 53.1 Å². The van der Waals surface area contributed by atoms with Crippen LogP contribution in [-0.2, 0) is 4.79 Å². The van der Waals surface area contributed by atoms with Gasteiger partial charge in [0.1, 0.15) is 12.1 Å². The molecular formula is C21H23ClN4O. The molecular weight excluding hydrogens is 360 g/mol. The predicted molar refractivity (Wildman–Crippen MR) is 110 cm³/mol. The first-order chi connectivity index (χ1) is 13.1. The first-order valence-electron chi connectivity index (χ1n) is 9.19. The zero-order chi connectivity index (χ0) is 19.2. The number of amides is 1. The SMILES string of the molecule is C[C@@H](Nc1ccc(N2CCCCC2)cc1)C(=O)Nc1ccc(C#N)c(Cl)c1. The average molecular weight is 383 g/mol. The van der Waals surface area contributed by atoms with Crippen molar-refractivity contribution in [1.29, 1.82) is 5.26 Å². The van der Waals surface area contributed by atoms with E-state index in [1.807, 2.05) is 18.2 Å². The highest BCUT2D eigenvalue weighted by Gasteiger charge is 2.15. The minimum Gasteiger partial charge on any atom is -0.374 e. The number of hydrogen-bond donors (Lipinski definition) is 2. The van der Waals surface area contributed by atoms with Crippen LogP contribution in [0.4, 0.5) is 17.1 Å². The first kappa shape index (κ1) is 19.1. The molecule has 1 atom stereocenters. The van der Waals surface area contributed by atoms with E-state index >= 15 is 0 Å². The van der Waals surface area contributed by atoms with Crippen molar-refractivity contribution in [3.8, 4) is 6.07 Å². The third-order valence-electron chi connectivity index (χ3n) is 4.72. The van der Waals surface area contributed by atoms with Crippen LogP contribution in [0.5, 0.6) is 0 Å². The largest absolute Gasteiger partial charge is 0.374 e. The Labute approximate surface area is 164 Å². The number of carbonyl (C=O) groups excluding carboxylic acids is 1. The molecule has 6 heteroatoms. The molecule has 2 N–H and O–H groups in total. The summed E-state index contributed by atoms with van der Waals surface area (Å²) in [6, 6.07) is 14.6. The van der Waals surface area contributed by atoms with E-state index in [4.69, 9.17) is 16.9 Å². The summed E-state index contributed by atoms with van der Waals surface area (Å²) in [6.45, 7) is 4.02. The van der Waals surface area contributed by atoms with Gasteiger partial charge in [0.25, 0.3) is 0 Å². The van der Waals surface area contributed by atoms with Gasteiger partial charge in [-0.05, 0) is 68.7 Å². The Hall–Kier alpha value is -2.71. The maximum Gasteiger partial charge on any atom is 0.246 e. The number of hydrogen-bond acceptors (Lipinski definition) is 4. The molecule has 1 heterocycles. The van der Waals surface area contributed by atoms with Crippen LogP contribution in [-0.4, -0.2) is 25.0 Å². The van der Waals surface area contributed by atoms with Crippen molar-refractivity contribution in [1.82, 2.24) is 0 Å². The Balaban J connectivity index is 1.57. The maximum atomic E-state index is 12.4. The van der Waals surface area contributed by atoms with E-state index in [9.17, 15) is 4.79 Å². The van der Waals surface area contributed by atoms with Gasteiger partial charge in [0.2, 0.25) is 5.91 Å². The Morgan fingerprint density at radius 3 is 2.41 bits per heavy atom. The van der Waals surface area contributed by atoms with Gasteiger partial charge in [-0.1, -0.05) is 11.6 Å². The average Bonchev–Trinajstić information content (AvgIpc) is 2.69. The first-order valence-corrected chi connectivity index (χ1v) is 9.56. The summed E-state index contributed by atoms with van der Waals surface area (Å²) in [7, 11) is 0. The number of rotatable bonds is 5. The van der Waals surface area contributed by atoms with Gasteiger partial charge in [-0.2, -0.15) is 5.26 Å². The van der Waals surface area contributed by atoms with Crippen LogP contribution in [0.15, 0.2) is 42.5 Å². The molecule has 0 spiro atoms. The number of piperidine rings is 1. The molecule has 0 bridgehead atoms. The lowest BCUT2D eigenvalue weighted by Gasteiger charge is -2.29. The lowest BCUT2D eigenvalue weighted by Crippen LogP contribution is -2.32. The second-order valence-corrected chi connectivity index (χ2v) is 7.16. The van der Waals surface area contributed by atoms with Crippen molar-refractivity contribution in [2.75, 3.05) is 28.6 Å². The van der Waals surface area contributed by atoms with Gasteiger partial charge in [-0.15, -0.1) is 0 Å². The molecule has 1 aliphatic heterocycles. The van der Waals surface area contributed by atoms with Gasteiger partial charge in [-0.25, -0.2) is 0 Å². The molecule has 1 amide bonds. The molecule has 27 heavy (non-hydrogen) atoms. The number of nitrogens with zero attached hydrogens (tertiary/aromatic N) is 2. The van der Waals surface area contributed by atoms with Gasteiger partial charge < -0.3 is 15.5 Å². The lowest BCUT2D eigenvalue weighted by molar-refractivity contribution is -0.116. The van der Waals surface area contributed by atoms with Crippen LogP contribution in [0, 0.1) is 11.3 Å². The number of nitriles is 1. The fourth-order valence-electron chi connectivity index (χ4n) is 3.17. The van der Waals surface area contributed by atoms with E-state index in [1.54, 1.807) is 25.1 Å². The van der Waals surface area contributed by atoms with E-state index in [2.05, 4.69) is 27.7 Å². The fraction of sp³-hybridized carbons (Fsp3) is 0.333. The van der Waals surface area contributed by atoms with Gasteiger partial charge in [0.15, 0.2) is 0 Å². The van der Waals surface area contributed by atoms with Crippen LogP contribution in [0.1, 0.15) is 31.7 Å². The standard InChI is InChI=1S/C21H23ClN4O/c1-15(21(27)25-18-6-5-16(14-23)20(22)13-18)24-17-7-9-19(10-8-17)26-11-3-2-4-12-26/h5-10,13,15,24H,2-4,11-12H2,1H3,(H,25,27)/t15-/m1/s1. The van der Waals surface area contributed by atoms with Crippen LogP contribution in [0.3, 0.4) is 0 Å². The molecule has 140 valence electrons. The molecule has 0 saturated carbocycles. The summed E-state index contributed by atoms with van der Waals surface area (Å²) in [5.41, 5.74) is 3.08. The van der Waals surface area contributed by atoms with E-state index in [0.29, 0.717) is 16.3 Å². The maximum absolute atomic E-state index is 12.4. The number of anilines is 3. The van der Waals surface area contributed by atoms with Crippen LogP contribution in [0.25, 0.3) is 0 Å². The minimum atomic E-state index is -0.416. The molecule has 1 fully saturated rings. The third kappa shape index (κ3) is 4.93. The normalized spacial score (nSPS) is 14.9. The van der Waals surface area contributed by atoms with Crippen molar-refractivity contribution >= 4 is 34.6 Å². The summed E-state index contributed by atoms with van der Waals surface area (Å²) in [5, 5.41) is 15.3. The second kappa shape index (κ2) is 8.79. The van der Waals surface area contributed by atoms with Crippen LogP contribution < -0.4 is 15.5 Å². The molecule has 1 saturated heterocycles. The highest BCUT2D eigenvalue weighted by Crippen LogP contribution is 2.23. The summed E-state index contributed by atoms with van der Waals surface area (Å²) >= 11 is 6.01. The summed E-state index contributed by atoms with van der Waals surface area (Å²) in [4.78, 5) is 14.8. The van der Waals surface area contributed by atoms with Crippen molar-refractivity contribution in [2.24, 2.45) is 0 Å². The molecule has 0 unspecified atom stereocenters. The molecule has 0 radical (unpaired) electrons. The number of halogens is 1. The lowest BCUT2D eigenvalue weighted by atomic mass is 10.1. The molecule has 5 nitrogen and oxygen atoms in total. The molecule has 3 rings (SSSR count). The highest BCUT2D eigenvalue weighted by atomic mass is 35.5. The summed E-state index contributed by atoms with van der Waals surface area (Å²) in [5.74, 6) is -0.170. The van der Waals surface area contributed by atoms with Gasteiger partial charge >= 0.3 is 0 Å². The van der Waals surface area contributed by atoms with Crippen LogP contribution in [0.2, 0.25) is 5.02 Å². The molecule has 2 aromatic rings. The molecule has 1 aliphatic rings. The predicted octanol–water partition coefficient (Wildman–Crippen LogP) is 4.64. The van der Waals surface area contributed by atoms with Gasteiger partial charge in [-0.3, -0.25) is 4.79 Å². The monoisotopic (exact) mass is 382 g/mol. The van der Waals surface area contributed by atoms with Gasteiger partial charge in [0, 0.05) is 30.2 Å². The highest BCUT2D eigenvalue weighted by molar-refractivity contribution is 6.32. The van der Waals surface area contributed by atoms with Crippen molar-refractivity contribution in [3.63, 3.8) is 0 Å². The summed E-state index contributed by atoms with van der Waals surface area (Å²) < 4.78 is 0. The minimum absolute atomic E-state index is 0.170. The quantitative estimate of drug-likeness (QED) is 0.790. The van der Waals surface area contributed by atoms with Crippen LogP contribution >= 0.6 is 11.6 Å². The van der Waals surface area contributed by atoms with E-state index < -0.39 is 6.04 Å². The third-order valence-corrected chi connectivity index (χ3v) is 5.03. The zero-order valence-electron chi connectivity index (χ0n) is 15.3. The molecule has 0 aliphatic carbocycles. The van der Waals surface area contributed by atoms with Gasteiger partial charge in [0.05, 0.1) is 10.6 Å². The zero-order valence-corrected chi connectivity index (χ0v) is 16.1. The van der Waals surface area contributed by atoms with E-state index in [0.717, 1.165) is 18.8 Å². The topological polar surface area (TPSA) is 68.2 Å². The summed E-state index contributed by atoms with van der Waals surface area (Å²) in [6.07, 6.45) is 3.81. The van der Waals surface area contributed by atoms with E-state index in [1.165, 1.54) is 24.9 Å². The Morgan fingerprint density at radius 2 is 1.78 bits per heavy atom. The number of nitrogens with one attached hydrogen (secondary N) is 2. The second-order valence-electron chi connectivity index (χ2n) is 6.76. The van der Waals surface area contributed by atoms with Crippen molar-refractivity contribution < 1.29 is 4.79 Å². The fourth-order valence-corrected chi connectivity index (χ4v) is 3.39. The number of benzene rings is 2. The van der Waals surface area contributed by atoms with E-state index in [-0.39, 0.29) is 5.91 Å². The molecule has 0 aromatic heterocycles. The Morgan fingerprint density at radius 1 is 1.11 bits per heavy atom.